The van der Waals surface area contributed by atoms with E-state index in [1.54, 1.807) is 24.3 Å². The third-order valence-corrected chi connectivity index (χ3v) is 2.49. The second-order valence-electron chi connectivity index (χ2n) is 3.92. The van der Waals surface area contributed by atoms with Gasteiger partial charge in [-0.05, 0) is 25.1 Å². The largest absolute Gasteiger partial charge is 0.496 e. The number of aromatic nitrogens is 2. The maximum atomic E-state index is 12.7. The van der Waals surface area contributed by atoms with Crippen molar-refractivity contribution in [3.8, 4) is 17.0 Å². The van der Waals surface area contributed by atoms with Crippen molar-refractivity contribution in [1.29, 1.82) is 0 Å². The molecule has 0 saturated heterocycles. The second kappa shape index (κ2) is 4.87. The molecule has 1 heterocycles. The maximum Gasteiger partial charge on any atom is 0.451 e. The number of halogens is 3. The fourth-order valence-electron chi connectivity index (χ4n) is 1.69. The average Bonchev–Trinajstić information content (AvgIpc) is 2.37. The Balaban J connectivity index is 2.60. The molecule has 0 atom stereocenters. The van der Waals surface area contributed by atoms with E-state index in [-0.39, 0.29) is 11.4 Å². The Hall–Kier alpha value is -2.11. The summed E-state index contributed by atoms with van der Waals surface area (Å²) < 4.78 is 43.2. The Morgan fingerprint density at radius 3 is 2.42 bits per heavy atom. The van der Waals surface area contributed by atoms with Gasteiger partial charge in [0.15, 0.2) is 0 Å². The molecule has 6 heteroatoms. The van der Waals surface area contributed by atoms with E-state index in [2.05, 4.69) is 9.97 Å². The van der Waals surface area contributed by atoms with Gasteiger partial charge in [0.1, 0.15) is 5.75 Å². The number of alkyl halides is 3. The summed E-state index contributed by atoms with van der Waals surface area (Å²) in [5.74, 6) is -0.679. The summed E-state index contributed by atoms with van der Waals surface area (Å²) in [6, 6.07) is 8.26. The Bertz CT molecular complexity index is 597. The van der Waals surface area contributed by atoms with Crippen molar-refractivity contribution >= 4 is 0 Å². The van der Waals surface area contributed by atoms with Crippen LogP contribution in [0.15, 0.2) is 30.3 Å². The zero-order valence-corrected chi connectivity index (χ0v) is 10.3. The summed E-state index contributed by atoms with van der Waals surface area (Å²) in [5, 5.41) is 0. The Morgan fingerprint density at radius 2 is 1.79 bits per heavy atom. The molecule has 19 heavy (non-hydrogen) atoms. The third-order valence-electron chi connectivity index (χ3n) is 2.49. The SMILES string of the molecule is COc1ccccc1-c1cc(C)nc(C(F)(F)F)n1. The van der Waals surface area contributed by atoms with Crippen LogP contribution in [0.2, 0.25) is 0 Å². The molecule has 0 aliphatic heterocycles. The van der Waals surface area contributed by atoms with Gasteiger partial charge >= 0.3 is 6.18 Å². The molecule has 0 bridgehead atoms. The van der Waals surface area contributed by atoms with E-state index in [0.29, 0.717) is 11.3 Å². The summed E-state index contributed by atoms with van der Waals surface area (Å²) in [4.78, 5) is 6.98. The molecule has 0 amide bonds. The van der Waals surface area contributed by atoms with Gasteiger partial charge in [0.25, 0.3) is 0 Å². The maximum absolute atomic E-state index is 12.7. The van der Waals surface area contributed by atoms with Gasteiger partial charge in [0.05, 0.1) is 12.8 Å². The predicted molar refractivity (Wildman–Crippen MR) is 63.8 cm³/mol. The minimum atomic E-state index is -4.57. The fourth-order valence-corrected chi connectivity index (χ4v) is 1.69. The molecule has 0 N–H and O–H groups in total. The van der Waals surface area contributed by atoms with E-state index in [9.17, 15) is 13.2 Å². The van der Waals surface area contributed by atoms with Crippen LogP contribution in [-0.4, -0.2) is 17.1 Å². The molecule has 0 aliphatic carbocycles. The van der Waals surface area contributed by atoms with E-state index < -0.39 is 12.0 Å². The van der Waals surface area contributed by atoms with Crippen LogP contribution in [0.5, 0.6) is 5.75 Å². The molecule has 1 aromatic carbocycles. The van der Waals surface area contributed by atoms with Crippen LogP contribution in [0.25, 0.3) is 11.3 Å². The van der Waals surface area contributed by atoms with Gasteiger partial charge in [-0.2, -0.15) is 13.2 Å². The molecular weight excluding hydrogens is 257 g/mol. The fraction of sp³-hybridized carbons (Fsp3) is 0.231. The third kappa shape index (κ3) is 2.83. The lowest BCUT2D eigenvalue weighted by atomic mass is 10.1. The first kappa shape index (κ1) is 13.3. The summed E-state index contributed by atoms with van der Waals surface area (Å²) >= 11 is 0. The lowest BCUT2D eigenvalue weighted by molar-refractivity contribution is -0.145. The highest BCUT2D eigenvalue weighted by atomic mass is 19.4. The van der Waals surface area contributed by atoms with Crippen LogP contribution in [0.1, 0.15) is 11.5 Å². The van der Waals surface area contributed by atoms with Gasteiger partial charge in [-0.25, -0.2) is 9.97 Å². The van der Waals surface area contributed by atoms with E-state index in [0.717, 1.165) is 0 Å². The molecule has 0 unspecified atom stereocenters. The van der Waals surface area contributed by atoms with E-state index >= 15 is 0 Å². The molecule has 0 fully saturated rings. The molecule has 1 aromatic heterocycles. The number of nitrogens with zero attached hydrogens (tertiary/aromatic N) is 2. The number of aryl methyl sites for hydroxylation is 1. The van der Waals surface area contributed by atoms with Gasteiger partial charge in [0, 0.05) is 11.3 Å². The molecule has 2 aromatic rings. The number of ether oxygens (including phenoxy) is 1. The number of para-hydroxylation sites is 1. The Morgan fingerprint density at radius 1 is 1.11 bits per heavy atom. The number of rotatable bonds is 2. The quantitative estimate of drug-likeness (QED) is 0.836. The minimum absolute atomic E-state index is 0.192. The van der Waals surface area contributed by atoms with Crippen molar-refractivity contribution in [3.05, 3.63) is 41.9 Å². The van der Waals surface area contributed by atoms with Gasteiger partial charge in [-0.1, -0.05) is 12.1 Å². The highest BCUT2D eigenvalue weighted by Gasteiger charge is 2.35. The number of hydrogen-bond donors (Lipinski definition) is 0. The Labute approximate surface area is 108 Å². The van der Waals surface area contributed by atoms with Gasteiger partial charge in [-0.3, -0.25) is 0 Å². The number of hydrogen-bond acceptors (Lipinski definition) is 3. The van der Waals surface area contributed by atoms with Crippen molar-refractivity contribution < 1.29 is 17.9 Å². The minimum Gasteiger partial charge on any atom is -0.496 e. The molecule has 0 aliphatic rings. The summed E-state index contributed by atoms with van der Waals surface area (Å²) in [5.41, 5.74) is 0.946. The number of benzene rings is 1. The zero-order chi connectivity index (χ0) is 14.0. The average molecular weight is 268 g/mol. The monoisotopic (exact) mass is 268 g/mol. The first-order valence-electron chi connectivity index (χ1n) is 5.48. The molecule has 0 spiro atoms. The highest BCUT2D eigenvalue weighted by molar-refractivity contribution is 5.67. The van der Waals surface area contributed by atoms with Gasteiger partial charge < -0.3 is 4.74 Å². The zero-order valence-electron chi connectivity index (χ0n) is 10.3. The van der Waals surface area contributed by atoms with Crippen LogP contribution in [0.3, 0.4) is 0 Å². The first-order valence-corrected chi connectivity index (χ1v) is 5.48. The van der Waals surface area contributed by atoms with Crippen LogP contribution in [-0.2, 0) is 6.18 Å². The Kier molecular flexibility index (Phi) is 3.42. The van der Waals surface area contributed by atoms with E-state index in [4.69, 9.17) is 4.74 Å². The predicted octanol–water partition coefficient (Wildman–Crippen LogP) is 3.48. The standard InChI is InChI=1S/C13H11F3N2O/c1-8-7-10(18-12(17-8)13(14,15)16)9-5-3-4-6-11(9)19-2/h3-7H,1-2H3. The second-order valence-corrected chi connectivity index (χ2v) is 3.92. The summed E-state index contributed by atoms with van der Waals surface area (Å²) in [7, 11) is 1.46. The van der Waals surface area contributed by atoms with E-state index in [1.807, 2.05) is 0 Å². The lowest BCUT2D eigenvalue weighted by Crippen LogP contribution is -2.12. The number of methoxy groups -OCH3 is 1. The first-order chi connectivity index (χ1) is 8.91. The van der Waals surface area contributed by atoms with Crippen LogP contribution in [0, 0.1) is 6.92 Å². The molecule has 0 radical (unpaired) electrons. The smallest absolute Gasteiger partial charge is 0.451 e. The summed E-state index contributed by atoms with van der Waals surface area (Å²) in [6.07, 6.45) is -4.57. The highest BCUT2D eigenvalue weighted by Crippen LogP contribution is 2.32. The van der Waals surface area contributed by atoms with Crippen molar-refractivity contribution in [3.63, 3.8) is 0 Å². The van der Waals surface area contributed by atoms with Crippen LogP contribution >= 0.6 is 0 Å². The van der Waals surface area contributed by atoms with Crippen LogP contribution in [0.4, 0.5) is 13.2 Å². The molecule has 0 saturated carbocycles. The lowest BCUT2D eigenvalue weighted by Gasteiger charge is -2.11. The molecular formula is C13H11F3N2O. The topological polar surface area (TPSA) is 35.0 Å². The van der Waals surface area contributed by atoms with Gasteiger partial charge in [0.2, 0.25) is 5.82 Å². The molecule has 3 nitrogen and oxygen atoms in total. The molecule has 100 valence electrons. The van der Waals surface area contributed by atoms with Crippen LogP contribution < -0.4 is 4.74 Å². The van der Waals surface area contributed by atoms with Crippen molar-refractivity contribution in [1.82, 2.24) is 9.97 Å². The van der Waals surface area contributed by atoms with Crippen molar-refractivity contribution in [2.45, 2.75) is 13.1 Å². The van der Waals surface area contributed by atoms with Gasteiger partial charge in [-0.15, -0.1) is 0 Å². The van der Waals surface area contributed by atoms with Crippen molar-refractivity contribution in [2.75, 3.05) is 7.11 Å². The summed E-state index contributed by atoms with van der Waals surface area (Å²) in [6.45, 7) is 1.50. The molecule has 2 rings (SSSR count). The van der Waals surface area contributed by atoms with E-state index in [1.165, 1.54) is 20.1 Å². The van der Waals surface area contributed by atoms with Crippen molar-refractivity contribution in [2.24, 2.45) is 0 Å². The normalized spacial score (nSPS) is 11.4.